The number of hydrogen-bond donors (Lipinski definition) is 1. The number of hydrogen-bond acceptors (Lipinski definition) is 5. The average molecular weight is 416 g/mol. The highest BCUT2D eigenvalue weighted by molar-refractivity contribution is 7.89. The Kier molecular flexibility index (Phi) is 5.20. The zero-order chi connectivity index (χ0) is 19.7. The summed E-state index contributed by atoms with van der Waals surface area (Å²) in [7, 11) is -1.52. The summed E-state index contributed by atoms with van der Waals surface area (Å²) >= 11 is 1.43. The lowest BCUT2D eigenvalue weighted by molar-refractivity contribution is 0.103. The summed E-state index contributed by atoms with van der Waals surface area (Å²) in [5.41, 5.74) is 0.569. The van der Waals surface area contributed by atoms with Gasteiger partial charge in [0.2, 0.25) is 10.0 Å². The predicted molar refractivity (Wildman–Crippen MR) is 112 cm³/mol. The first-order valence-corrected chi connectivity index (χ1v) is 11.3. The molecule has 0 spiro atoms. The number of fused-ring (bicyclic) bond motifs is 1. The maximum absolute atomic E-state index is 12.8. The third-order valence-corrected chi connectivity index (χ3v) is 7.89. The fourth-order valence-corrected chi connectivity index (χ4v) is 5.55. The number of likely N-dealkylation sites (N-methyl/N-ethyl adjacent to an activating group) is 1. The van der Waals surface area contributed by atoms with Gasteiger partial charge < -0.3 is 10.2 Å². The van der Waals surface area contributed by atoms with Gasteiger partial charge >= 0.3 is 0 Å². The van der Waals surface area contributed by atoms with Crippen LogP contribution in [0.25, 0.3) is 10.1 Å². The van der Waals surface area contributed by atoms with Crippen molar-refractivity contribution >= 4 is 43.0 Å². The number of anilines is 1. The van der Waals surface area contributed by atoms with Crippen molar-refractivity contribution in [1.82, 2.24) is 9.21 Å². The number of amides is 1. The van der Waals surface area contributed by atoms with Crippen molar-refractivity contribution in [3.05, 3.63) is 59.5 Å². The molecule has 8 heteroatoms. The zero-order valence-electron chi connectivity index (χ0n) is 15.5. The highest BCUT2D eigenvalue weighted by Gasteiger charge is 2.27. The third-order valence-electron chi connectivity index (χ3n) is 4.86. The number of carbonyl (C=O) groups excluding carboxylic acids is 1. The minimum absolute atomic E-state index is 0.198. The molecular formula is C20H21N3O3S2. The second-order valence-corrected chi connectivity index (χ2v) is 9.86. The molecule has 146 valence electrons. The smallest absolute Gasteiger partial charge is 0.265 e. The number of sulfonamides is 1. The van der Waals surface area contributed by atoms with E-state index in [0.717, 1.165) is 23.2 Å². The van der Waals surface area contributed by atoms with Gasteiger partial charge in [-0.3, -0.25) is 4.79 Å². The summed E-state index contributed by atoms with van der Waals surface area (Å²) in [6, 6.07) is 16.1. The van der Waals surface area contributed by atoms with Gasteiger partial charge in [0, 0.05) is 36.6 Å². The molecule has 1 N–H and O–H groups in total. The maximum atomic E-state index is 12.8. The van der Waals surface area contributed by atoms with Gasteiger partial charge in [-0.05, 0) is 48.8 Å². The molecule has 1 aliphatic heterocycles. The van der Waals surface area contributed by atoms with E-state index in [1.54, 1.807) is 24.3 Å². The molecule has 28 heavy (non-hydrogen) atoms. The summed E-state index contributed by atoms with van der Waals surface area (Å²) in [6.45, 7) is 2.43. The van der Waals surface area contributed by atoms with Gasteiger partial charge in [-0.15, -0.1) is 11.3 Å². The Labute approximate surface area is 168 Å². The van der Waals surface area contributed by atoms with Crippen LogP contribution in [0.4, 0.5) is 5.69 Å². The molecule has 1 fully saturated rings. The molecule has 0 bridgehead atoms. The van der Waals surface area contributed by atoms with Crippen molar-refractivity contribution in [1.29, 1.82) is 0 Å². The number of benzene rings is 2. The van der Waals surface area contributed by atoms with Crippen LogP contribution < -0.4 is 5.32 Å². The van der Waals surface area contributed by atoms with Crippen LogP contribution in [0.15, 0.2) is 59.5 Å². The fraction of sp³-hybridized carbons (Fsp3) is 0.250. The fourth-order valence-electron chi connectivity index (χ4n) is 3.17. The van der Waals surface area contributed by atoms with Crippen LogP contribution in [0.3, 0.4) is 0 Å². The quantitative estimate of drug-likeness (QED) is 0.711. The molecule has 3 aromatic rings. The lowest BCUT2D eigenvalue weighted by Crippen LogP contribution is -2.46. The van der Waals surface area contributed by atoms with Crippen molar-refractivity contribution < 1.29 is 13.2 Å². The van der Waals surface area contributed by atoms with Crippen LogP contribution >= 0.6 is 11.3 Å². The first-order chi connectivity index (χ1) is 13.4. The SMILES string of the molecule is CN1CCN(S(=O)(=O)c2ccc(NC(=O)c3cc4ccccc4s3)cc2)CC1. The van der Waals surface area contributed by atoms with E-state index in [0.29, 0.717) is 23.7 Å². The van der Waals surface area contributed by atoms with E-state index in [2.05, 4.69) is 10.2 Å². The van der Waals surface area contributed by atoms with E-state index in [1.165, 1.54) is 15.6 Å². The molecule has 1 aliphatic rings. The number of rotatable bonds is 4. The third kappa shape index (κ3) is 3.81. The molecule has 0 saturated carbocycles. The van der Waals surface area contributed by atoms with Crippen molar-refractivity contribution in [2.24, 2.45) is 0 Å². The minimum Gasteiger partial charge on any atom is -0.321 e. The van der Waals surface area contributed by atoms with Gasteiger partial charge in [-0.25, -0.2) is 8.42 Å². The van der Waals surface area contributed by atoms with Gasteiger partial charge in [-0.1, -0.05) is 18.2 Å². The Morgan fingerprint density at radius 3 is 2.36 bits per heavy atom. The summed E-state index contributed by atoms with van der Waals surface area (Å²) in [5.74, 6) is -0.198. The van der Waals surface area contributed by atoms with E-state index in [-0.39, 0.29) is 10.8 Å². The van der Waals surface area contributed by atoms with Gasteiger partial charge in [-0.2, -0.15) is 4.31 Å². The summed E-state index contributed by atoms with van der Waals surface area (Å²) in [5, 5.41) is 3.87. The van der Waals surface area contributed by atoms with E-state index >= 15 is 0 Å². The van der Waals surface area contributed by atoms with E-state index in [1.807, 2.05) is 37.4 Å². The van der Waals surface area contributed by atoms with Crippen LogP contribution in [0.5, 0.6) is 0 Å². The largest absolute Gasteiger partial charge is 0.321 e. The van der Waals surface area contributed by atoms with Crippen molar-refractivity contribution in [3.63, 3.8) is 0 Å². The average Bonchev–Trinajstić information content (AvgIpc) is 3.13. The Balaban J connectivity index is 1.47. The Morgan fingerprint density at radius 2 is 1.68 bits per heavy atom. The van der Waals surface area contributed by atoms with Crippen LogP contribution in [0.1, 0.15) is 9.67 Å². The Bertz CT molecular complexity index is 1070. The van der Waals surface area contributed by atoms with E-state index in [9.17, 15) is 13.2 Å². The molecule has 6 nitrogen and oxygen atoms in total. The highest BCUT2D eigenvalue weighted by Crippen LogP contribution is 2.26. The Morgan fingerprint density at radius 1 is 1.00 bits per heavy atom. The number of piperazine rings is 1. The standard InChI is InChI=1S/C20H21N3O3S2/c1-22-10-12-23(13-11-22)28(25,26)17-8-6-16(7-9-17)21-20(24)19-14-15-4-2-3-5-18(15)27-19/h2-9,14H,10-13H2,1H3,(H,21,24). The van der Waals surface area contributed by atoms with Crippen molar-refractivity contribution in [2.75, 3.05) is 38.5 Å². The normalized spacial score (nSPS) is 16.3. The molecular weight excluding hydrogens is 394 g/mol. The predicted octanol–water partition coefficient (Wildman–Crippen LogP) is 3.09. The molecule has 2 aromatic carbocycles. The van der Waals surface area contributed by atoms with Gasteiger partial charge in [0.25, 0.3) is 5.91 Å². The second kappa shape index (κ2) is 7.63. The summed E-state index contributed by atoms with van der Waals surface area (Å²) in [6.07, 6.45) is 0. The van der Waals surface area contributed by atoms with Crippen LogP contribution in [-0.4, -0.2) is 56.8 Å². The van der Waals surface area contributed by atoms with E-state index in [4.69, 9.17) is 0 Å². The number of nitrogens with one attached hydrogen (secondary N) is 1. The van der Waals surface area contributed by atoms with Crippen LogP contribution in [-0.2, 0) is 10.0 Å². The number of carbonyl (C=O) groups is 1. The lowest BCUT2D eigenvalue weighted by Gasteiger charge is -2.31. The second-order valence-electron chi connectivity index (χ2n) is 6.83. The Hall–Kier alpha value is -2.26. The molecule has 1 amide bonds. The van der Waals surface area contributed by atoms with Gasteiger partial charge in [0.05, 0.1) is 9.77 Å². The molecule has 0 atom stereocenters. The highest BCUT2D eigenvalue weighted by atomic mass is 32.2. The number of thiophene rings is 1. The van der Waals surface area contributed by atoms with Gasteiger partial charge in [0.15, 0.2) is 0 Å². The molecule has 2 heterocycles. The molecule has 0 aliphatic carbocycles. The topological polar surface area (TPSA) is 69.7 Å². The molecule has 0 unspecified atom stereocenters. The minimum atomic E-state index is -3.50. The number of nitrogens with zero attached hydrogens (tertiary/aromatic N) is 2. The lowest BCUT2D eigenvalue weighted by atomic mass is 10.2. The molecule has 0 radical (unpaired) electrons. The zero-order valence-corrected chi connectivity index (χ0v) is 17.1. The molecule has 1 saturated heterocycles. The first kappa shape index (κ1) is 19.1. The monoisotopic (exact) mass is 415 g/mol. The van der Waals surface area contributed by atoms with Crippen LogP contribution in [0, 0.1) is 0 Å². The molecule has 1 aromatic heterocycles. The first-order valence-electron chi connectivity index (χ1n) is 9.02. The summed E-state index contributed by atoms with van der Waals surface area (Å²) < 4.78 is 28.1. The van der Waals surface area contributed by atoms with E-state index < -0.39 is 10.0 Å². The summed E-state index contributed by atoms with van der Waals surface area (Å²) in [4.78, 5) is 15.5. The maximum Gasteiger partial charge on any atom is 0.265 e. The van der Waals surface area contributed by atoms with Crippen molar-refractivity contribution in [3.8, 4) is 0 Å². The van der Waals surface area contributed by atoms with Gasteiger partial charge in [0.1, 0.15) is 0 Å². The van der Waals surface area contributed by atoms with Crippen LogP contribution in [0.2, 0.25) is 0 Å². The molecule has 4 rings (SSSR count). The van der Waals surface area contributed by atoms with Crippen molar-refractivity contribution in [2.45, 2.75) is 4.90 Å².